The number of hydrogen-bond donors (Lipinski definition) is 1. The van der Waals surface area contributed by atoms with E-state index in [1.165, 1.54) is 6.07 Å². The molecular formula is C11H11F2N5. The molecule has 0 amide bonds. The average Bonchev–Trinajstić information content (AvgIpc) is 2.70. The van der Waals surface area contributed by atoms with Crippen LogP contribution in [0.1, 0.15) is 25.3 Å². The van der Waals surface area contributed by atoms with Crippen molar-refractivity contribution in [3.05, 3.63) is 23.8 Å². The minimum Gasteiger partial charge on any atom is -0.396 e. The number of hydrogen-bond acceptors (Lipinski definition) is 4. The number of benzene rings is 1. The smallest absolute Gasteiger partial charge is 0.185 e. The fraction of sp³-hybridized carbons (Fsp3) is 0.364. The lowest BCUT2D eigenvalue weighted by Crippen LogP contribution is -2.19. The molecule has 7 heteroatoms. The maximum absolute atomic E-state index is 13.8. The number of nitrogens with two attached hydrogens (primary N) is 1. The van der Waals surface area contributed by atoms with E-state index >= 15 is 0 Å². The Morgan fingerprint density at radius 1 is 1.22 bits per heavy atom. The number of nitrogens with zero attached hydrogens (tertiary/aromatic N) is 4. The van der Waals surface area contributed by atoms with Crippen LogP contribution in [0.5, 0.6) is 0 Å². The topological polar surface area (TPSA) is 69.6 Å². The Balaban J connectivity index is 2.09. The molecule has 0 saturated heterocycles. The standard InChI is InChI=1S/C11H11F2N5/c12-8-5-9(13)10(14)4-7(8)11-15-16-17-18(11)6-2-1-3-6/h4-6H,1-3,14H2. The average molecular weight is 251 g/mol. The summed E-state index contributed by atoms with van der Waals surface area (Å²) >= 11 is 0. The molecule has 1 aliphatic carbocycles. The second-order valence-corrected chi connectivity index (χ2v) is 4.39. The second kappa shape index (κ2) is 4.01. The maximum atomic E-state index is 13.8. The number of anilines is 1. The van der Waals surface area contributed by atoms with Gasteiger partial charge in [-0.2, -0.15) is 0 Å². The summed E-state index contributed by atoms with van der Waals surface area (Å²) in [5.41, 5.74) is 5.46. The minimum absolute atomic E-state index is 0.116. The van der Waals surface area contributed by atoms with E-state index in [1.54, 1.807) is 4.68 Å². The zero-order valence-electron chi connectivity index (χ0n) is 9.48. The molecule has 0 aliphatic heterocycles. The highest BCUT2D eigenvalue weighted by Crippen LogP contribution is 2.34. The van der Waals surface area contributed by atoms with E-state index in [-0.39, 0.29) is 17.3 Å². The maximum Gasteiger partial charge on any atom is 0.185 e. The van der Waals surface area contributed by atoms with Gasteiger partial charge in [-0.25, -0.2) is 13.5 Å². The molecule has 18 heavy (non-hydrogen) atoms. The van der Waals surface area contributed by atoms with Gasteiger partial charge in [-0.05, 0) is 35.8 Å². The number of nitrogen functional groups attached to an aromatic ring is 1. The third kappa shape index (κ3) is 1.62. The van der Waals surface area contributed by atoms with Crippen LogP contribution < -0.4 is 5.73 Å². The van der Waals surface area contributed by atoms with Crippen molar-refractivity contribution in [1.82, 2.24) is 20.2 Å². The van der Waals surface area contributed by atoms with E-state index in [4.69, 9.17) is 5.73 Å². The molecule has 1 aliphatic rings. The van der Waals surface area contributed by atoms with Crippen LogP contribution in [0.25, 0.3) is 11.4 Å². The van der Waals surface area contributed by atoms with E-state index in [9.17, 15) is 8.78 Å². The molecule has 0 radical (unpaired) electrons. The van der Waals surface area contributed by atoms with Crippen LogP contribution in [0.4, 0.5) is 14.5 Å². The molecule has 1 aromatic carbocycles. The summed E-state index contributed by atoms with van der Waals surface area (Å²) < 4.78 is 28.5. The van der Waals surface area contributed by atoms with E-state index in [0.29, 0.717) is 5.82 Å². The van der Waals surface area contributed by atoms with Crippen LogP contribution in [-0.4, -0.2) is 20.2 Å². The van der Waals surface area contributed by atoms with E-state index < -0.39 is 11.6 Å². The molecule has 2 N–H and O–H groups in total. The Labute approximate surface area is 102 Å². The first-order valence-electron chi connectivity index (χ1n) is 5.69. The first-order valence-corrected chi connectivity index (χ1v) is 5.69. The lowest BCUT2D eigenvalue weighted by molar-refractivity contribution is 0.287. The monoisotopic (exact) mass is 251 g/mol. The Morgan fingerprint density at radius 2 is 2.00 bits per heavy atom. The highest BCUT2D eigenvalue weighted by atomic mass is 19.1. The fourth-order valence-electron chi connectivity index (χ4n) is 1.99. The largest absolute Gasteiger partial charge is 0.396 e. The molecule has 1 saturated carbocycles. The van der Waals surface area contributed by atoms with Gasteiger partial charge in [0.05, 0.1) is 17.3 Å². The summed E-state index contributed by atoms with van der Waals surface area (Å²) in [6.45, 7) is 0. The van der Waals surface area contributed by atoms with Crippen molar-refractivity contribution in [2.75, 3.05) is 5.73 Å². The van der Waals surface area contributed by atoms with Crippen molar-refractivity contribution in [3.63, 3.8) is 0 Å². The van der Waals surface area contributed by atoms with Gasteiger partial charge in [-0.3, -0.25) is 0 Å². The summed E-state index contributed by atoms with van der Waals surface area (Å²) in [5, 5.41) is 11.2. The van der Waals surface area contributed by atoms with Gasteiger partial charge in [0, 0.05) is 6.07 Å². The van der Waals surface area contributed by atoms with Crippen LogP contribution in [0.2, 0.25) is 0 Å². The highest BCUT2D eigenvalue weighted by molar-refractivity contribution is 5.62. The molecule has 0 atom stereocenters. The van der Waals surface area contributed by atoms with Crippen LogP contribution in [0, 0.1) is 11.6 Å². The number of halogens is 2. The molecule has 94 valence electrons. The predicted octanol–water partition coefficient (Wildman–Crippen LogP) is 1.93. The quantitative estimate of drug-likeness (QED) is 0.828. The van der Waals surface area contributed by atoms with E-state index in [0.717, 1.165) is 25.3 Å². The van der Waals surface area contributed by atoms with Gasteiger partial charge in [0.25, 0.3) is 0 Å². The Hall–Kier alpha value is -2.05. The normalized spacial score (nSPS) is 15.7. The van der Waals surface area contributed by atoms with Crippen molar-refractivity contribution in [2.24, 2.45) is 0 Å². The molecule has 0 spiro atoms. The third-order valence-corrected chi connectivity index (χ3v) is 3.24. The Morgan fingerprint density at radius 3 is 2.67 bits per heavy atom. The van der Waals surface area contributed by atoms with Crippen molar-refractivity contribution in [3.8, 4) is 11.4 Å². The Bertz CT molecular complexity index is 591. The van der Waals surface area contributed by atoms with Gasteiger partial charge in [-0.1, -0.05) is 0 Å². The van der Waals surface area contributed by atoms with Crippen molar-refractivity contribution >= 4 is 5.69 Å². The molecule has 3 rings (SSSR count). The lowest BCUT2D eigenvalue weighted by atomic mass is 9.93. The van der Waals surface area contributed by atoms with E-state index in [2.05, 4.69) is 15.5 Å². The molecule has 1 heterocycles. The van der Waals surface area contributed by atoms with Crippen molar-refractivity contribution in [1.29, 1.82) is 0 Å². The molecule has 0 unspecified atom stereocenters. The second-order valence-electron chi connectivity index (χ2n) is 4.39. The molecule has 1 fully saturated rings. The predicted molar refractivity (Wildman–Crippen MR) is 60.5 cm³/mol. The molecule has 5 nitrogen and oxygen atoms in total. The van der Waals surface area contributed by atoms with Gasteiger partial charge in [0.15, 0.2) is 5.82 Å². The fourth-order valence-corrected chi connectivity index (χ4v) is 1.99. The van der Waals surface area contributed by atoms with E-state index in [1.807, 2.05) is 0 Å². The summed E-state index contributed by atoms with van der Waals surface area (Å²) in [6.07, 6.45) is 3.05. The SMILES string of the molecule is Nc1cc(-c2nnnn2C2CCC2)c(F)cc1F. The summed E-state index contributed by atoms with van der Waals surface area (Å²) in [5.74, 6) is -1.19. The van der Waals surface area contributed by atoms with Crippen LogP contribution in [0.3, 0.4) is 0 Å². The minimum atomic E-state index is -0.779. The van der Waals surface area contributed by atoms with Gasteiger partial charge in [-0.15, -0.1) is 5.10 Å². The zero-order valence-corrected chi connectivity index (χ0v) is 9.48. The number of rotatable bonds is 2. The molecule has 1 aromatic heterocycles. The number of tetrazole rings is 1. The summed E-state index contributed by atoms with van der Waals surface area (Å²) in [6, 6.07) is 2.18. The van der Waals surface area contributed by atoms with Gasteiger partial charge >= 0.3 is 0 Å². The van der Waals surface area contributed by atoms with Crippen LogP contribution in [-0.2, 0) is 0 Å². The van der Waals surface area contributed by atoms with Crippen LogP contribution in [0.15, 0.2) is 12.1 Å². The van der Waals surface area contributed by atoms with Gasteiger partial charge in [0.2, 0.25) is 0 Å². The summed E-state index contributed by atoms with van der Waals surface area (Å²) in [4.78, 5) is 0. The van der Waals surface area contributed by atoms with Gasteiger partial charge in [0.1, 0.15) is 11.6 Å². The molecule has 2 aromatic rings. The Kier molecular flexibility index (Phi) is 2.46. The number of aromatic nitrogens is 4. The molecule has 0 bridgehead atoms. The molecular weight excluding hydrogens is 240 g/mol. The first-order chi connectivity index (χ1) is 8.66. The van der Waals surface area contributed by atoms with Crippen molar-refractivity contribution < 1.29 is 8.78 Å². The van der Waals surface area contributed by atoms with Gasteiger partial charge < -0.3 is 5.73 Å². The first kappa shape index (κ1) is 11.1. The zero-order chi connectivity index (χ0) is 12.7. The highest BCUT2D eigenvalue weighted by Gasteiger charge is 2.25. The van der Waals surface area contributed by atoms with Crippen molar-refractivity contribution in [2.45, 2.75) is 25.3 Å². The van der Waals surface area contributed by atoms with Crippen LogP contribution >= 0.6 is 0 Å². The lowest BCUT2D eigenvalue weighted by Gasteiger charge is -2.25. The third-order valence-electron chi connectivity index (χ3n) is 3.24. The summed E-state index contributed by atoms with van der Waals surface area (Å²) in [7, 11) is 0.